The molecule has 0 bridgehead atoms. The molecular weight excluding hydrogens is 391 g/mol. The van der Waals surface area contributed by atoms with Gasteiger partial charge in [-0.25, -0.2) is 15.0 Å². The Kier molecular flexibility index (Phi) is 8.04. The van der Waals surface area contributed by atoms with Crippen LogP contribution < -0.4 is 15.4 Å². The second kappa shape index (κ2) is 10.3. The number of alkyl halides is 3. The monoisotopic (exact) mass is 415 g/mol. The molecule has 0 unspecified atom stereocenters. The van der Waals surface area contributed by atoms with Crippen molar-refractivity contribution in [2.75, 3.05) is 13.2 Å². The molecule has 154 valence electrons. The molecule has 10 heteroatoms. The molecule has 0 aromatic carbocycles. The molecule has 0 radical (unpaired) electrons. The van der Waals surface area contributed by atoms with Gasteiger partial charge in [0.2, 0.25) is 5.88 Å². The van der Waals surface area contributed by atoms with E-state index < -0.39 is 12.8 Å². The maximum absolute atomic E-state index is 12.4. The third-order valence-electron chi connectivity index (χ3n) is 3.54. The fourth-order valence-corrected chi connectivity index (χ4v) is 3.06. The highest BCUT2D eigenvalue weighted by Crippen LogP contribution is 2.20. The molecule has 28 heavy (non-hydrogen) atoms. The Morgan fingerprint density at radius 2 is 2.11 bits per heavy atom. The number of rotatable bonds is 8. The Labute approximate surface area is 166 Å². The number of nitrogens with one attached hydrogen (secondary N) is 2. The SMILES string of the molecule is CCNC(=NCc1cccnc1OCC(F)(F)F)NCc1nc(C(C)C)cs1. The van der Waals surface area contributed by atoms with Gasteiger partial charge < -0.3 is 15.4 Å². The van der Waals surface area contributed by atoms with Crippen LogP contribution in [-0.4, -0.2) is 35.3 Å². The first-order valence-corrected chi connectivity index (χ1v) is 9.76. The average Bonchev–Trinajstić information content (AvgIpc) is 3.12. The molecule has 0 amide bonds. The number of hydrogen-bond acceptors (Lipinski definition) is 5. The van der Waals surface area contributed by atoms with Crippen molar-refractivity contribution in [1.29, 1.82) is 0 Å². The zero-order valence-corrected chi connectivity index (χ0v) is 16.8. The van der Waals surface area contributed by atoms with Gasteiger partial charge in [-0.2, -0.15) is 13.2 Å². The van der Waals surface area contributed by atoms with Crippen molar-refractivity contribution in [3.05, 3.63) is 40.0 Å². The van der Waals surface area contributed by atoms with Crippen LogP contribution in [0.5, 0.6) is 5.88 Å². The number of aromatic nitrogens is 2. The number of nitrogens with zero attached hydrogens (tertiary/aromatic N) is 3. The van der Waals surface area contributed by atoms with E-state index in [2.05, 4.69) is 39.4 Å². The molecule has 0 fully saturated rings. The number of hydrogen-bond donors (Lipinski definition) is 2. The fraction of sp³-hybridized carbons (Fsp3) is 0.500. The third kappa shape index (κ3) is 7.34. The van der Waals surface area contributed by atoms with E-state index in [0.29, 0.717) is 30.5 Å². The number of aliphatic imine (C=N–C) groups is 1. The van der Waals surface area contributed by atoms with Crippen molar-refractivity contribution in [3.8, 4) is 5.88 Å². The van der Waals surface area contributed by atoms with Gasteiger partial charge >= 0.3 is 6.18 Å². The van der Waals surface area contributed by atoms with Gasteiger partial charge in [-0.3, -0.25) is 0 Å². The zero-order chi connectivity index (χ0) is 20.6. The molecule has 0 aliphatic heterocycles. The van der Waals surface area contributed by atoms with E-state index in [0.717, 1.165) is 10.7 Å². The lowest BCUT2D eigenvalue weighted by Crippen LogP contribution is -2.36. The van der Waals surface area contributed by atoms with Gasteiger partial charge in [-0.05, 0) is 18.9 Å². The fourth-order valence-electron chi connectivity index (χ4n) is 2.16. The summed E-state index contributed by atoms with van der Waals surface area (Å²) in [6.07, 6.45) is -3.03. The smallest absolute Gasteiger partial charge is 0.422 e. The molecule has 2 rings (SSSR count). The predicted molar refractivity (Wildman–Crippen MR) is 104 cm³/mol. The van der Waals surface area contributed by atoms with Crippen LogP contribution in [0.25, 0.3) is 0 Å². The summed E-state index contributed by atoms with van der Waals surface area (Å²) in [6.45, 7) is 6.00. The Morgan fingerprint density at radius 1 is 1.32 bits per heavy atom. The van der Waals surface area contributed by atoms with Gasteiger partial charge in [0.05, 0.1) is 18.8 Å². The van der Waals surface area contributed by atoms with Crippen LogP contribution in [0.2, 0.25) is 0 Å². The van der Waals surface area contributed by atoms with E-state index in [1.807, 2.05) is 12.3 Å². The minimum atomic E-state index is -4.42. The summed E-state index contributed by atoms with van der Waals surface area (Å²) < 4.78 is 42.0. The summed E-state index contributed by atoms with van der Waals surface area (Å²) in [5.41, 5.74) is 1.52. The van der Waals surface area contributed by atoms with Crippen LogP contribution >= 0.6 is 11.3 Å². The highest BCUT2D eigenvalue weighted by molar-refractivity contribution is 7.09. The molecule has 2 N–H and O–H groups in total. The highest BCUT2D eigenvalue weighted by atomic mass is 32.1. The van der Waals surface area contributed by atoms with Crippen LogP contribution in [0, 0.1) is 0 Å². The Bertz CT molecular complexity index is 777. The van der Waals surface area contributed by atoms with Gasteiger partial charge in [0.25, 0.3) is 0 Å². The topological polar surface area (TPSA) is 71.4 Å². The molecule has 2 heterocycles. The lowest BCUT2D eigenvalue weighted by Gasteiger charge is -2.12. The molecular formula is C18H24F3N5OS. The normalized spacial score (nSPS) is 12.3. The first-order valence-electron chi connectivity index (χ1n) is 8.88. The van der Waals surface area contributed by atoms with Crippen LogP contribution in [0.4, 0.5) is 13.2 Å². The Balaban J connectivity index is 2.01. The van der Waals surface area contributed by atoms with Crippen LogP contribution in [0.15, 0.2) is 28.7 Å². The minimum absolute atomic E-state index is 0.0686. The van der Waals surface area contributed by atoms with Crippen LogP contribution in [0.3, 0.4) is 0 Å². The van der Waals surface area contributed by atoms with Gasteiger partial charge in [-0.15, -0.1) is 11.3 Å². The predicted octanol–water partition coefficient (Wildman–Crippen LogP) is 3.86. The zero-order valence-electron chi connectivity index (χ0n) is 16.0. The molecule has 2 aromatic rings. The summed E-state index contributed by atoms with van der Waals surface area (Å²) in [4.78, 5) is 12.9. The first kappa shape index (κ1) is 21.9. The molecule has 0 aliphatic rings. The highest BCUT2D eigenvalue weighted by Gasteiger charge is 2.29. The maximum atomic E-state index is 12.4. The molecule has 0 saturated heterocycles. The average molecular weight is 415 g/mol. The second-order valence-corrected chi connectivity index (χ2v) is 7.18. The van der Waals surface area contributed by atoms with E-state index >= 15 is 0 Å². The van der Waals surface area contributed by atoms with E-state index in [4.69, 9.17) is 4.74 Å². The van der Waals surface area contributed by atoms with E-state index in [-0.39, 0.29) is 12.4 Å². The number of guanidine groups is 1. The molecule has 0 saturated carbocycles. The van der Waals surface area contributed by atoms with Crippen molar-refractivity contribution in [3.63, 3.8) is 0 Å². The summed E-state index contributed by atoms with van der Waals surface area (Å²) in [5.74, 6) is 0.836. The lowest BCUT2D eigenvalue weighted by atomic mass is 10.2. The standard InChI is InChI=1S/C18H24F3N5OS/c1-4-22-17(25-9-15-26-14(10-28-15)12(2)3)24-8-13-6-5-7-23-16(13)27-11-18(19,20)21/h5-7,10,12H,4,8-9,11H2,1-3H3,(H2,22,24,25). The van der Waals surface area contributed by atoms with Gasteiger partial charge in [-0.1, -0.05) is 19.9 Å². The summed E-state index contributed by atoms with van der Waals surface area (Å²) >= 11 is 1.57. The Hall–Kier alpha value is -2.36. The third-order valence-corrected chi connectivity index (χ3v) is 4.41. The molecule has 0 spiro atoms. The molecule has 6 nitrogen and oxygen atoms in total. The van der Waals surface area contributed by atoms with Crippen molar-refractivity contribution < 1.29 is 17.9 Å². The largest absolute Gasteiger partial charge is 0.468 e. The lowest BCUT2D eigenvalue weighted by molar-refractivity contribution is -0.154. The number of thiazole rings is 1. The first-order chi connectivity index (χ1) is 13.3. The van der Waals surface area contributed by atoms with Crippen molar-refractivity contribution >= 4 is 17.3 Å². The van der Waals surface area contributed by atoms with Gasteiger partial charge in [0.15, 0.2) is 12.6 Å². The molecule has 0 aliphatic carbocycles. The Morgan fingerprint density at radius 3 is 2.75 bits per heavy atom. The van der Waals surface area contributed by atoms with Crippen molar-refractivity contribution in [2.45, 2.75) is 46.0 Å². The maximum Gasteiger partial charge on any atom is 0.422 e. The van der Waals surface area contributed by atoms with Crippen LogP contribution in [0.1, 0.15) is 43.0 Å². The number of pyridine rings is 1. The molecule has 0 atom stereocenters. The van der Waals surface area contributed by atoms with Crippen LogP contribution in [-0.2, 0) is 13.1 Å². The summed E-state index contributed by atoms with van der Waals surface area (Å²) in [7, 11) is 0. The number of ether oxygens (including phenoxy) is 1. The second-order valence-electron chi connectivity index (χ2n) is 6.24. The number of halogens is 3. The quantitative estimate of drug-likeness (QED) is 0.506. The van der Waals surface area contributed by atoms with E-state index in [1.54, 1.807) is 23.5 Å². The van der Waals surface area contributed by atoms with Gasteiger partial charge in [0, 0.05) is 23.7 Å². The van der Waals surface area contributed by atoms with Crippen molar-refractivity contribution in [2.24, 2.45) is 4.99 Å². The summed E-state index contributed by atoms with van der Waals surface area (Å²) in [6, 6.07) is 3.27. The van der Waals surface area contributed by atoms with Crippen molar-refractivity contribution in [1.82, 2.24) is 20.6 Å². The minimum Gasteiger partial charge on any atom is -0.468 e. The van der Waals surface area contributed by atoms with Gasteiger partial charge in [0.1, 0.15) is 5.01 Å². The summed E-state index contributed by atoms with van der Waals surface area (Å²) in [5, 5.41) is 9.25. The van der Waals surface area contributed by atoms with E-state index in [1.165, 1.54) is 6.20 Å². The molecule has 2 aromatic heterocycles. The van der Waals surface area contributed by atoms with E-state index in [9.17, 15) is 13.2 Å².